The molecule has 0 saturated heterocycles. The van der Waals surface area contributed by atoms with Crippen LogP contribution in [0.3, 0.4) is 0 Å². The second kappa shape index (κ2) is 8.56. The molecule has 0 rings (SSSR count). The van der Waals surface area contributed by atoms with Crippen LogP contribution in [-0.4, -0.2) is 32.8 Å². The summed E-state index contributed by atoms with van der Waals surface area (Å²) >= 11 is 1.95. The van der Waals surface area contributed by atoms with Gasteiger partial charge in [0.2, 0.25) is 0 Å². The Morgan fingerprint density at radius 2 is 1.79 bits per heavy atom. The molecule has 0 aliphatic rings. The zero-order chi connectivity index (χ0) is 10.9. The van der Waals surface area contributed by atoms with Gasteiger partial charge in [-0.15, -0.1) is 0 Å². The number of hydrogen-bond acceptors (Lipinski definition) is 4. The number of rotatable bonds is 9. The summed E-state index contributed by atoms with van der Waals surface area (Å²) in [6.07, 6.45) is 5.37. The standard InChI is InChI=1S/C9H20O3S2/c1-3-13-9-7-5-4-6-8-12-14(2,10)11/h3-9H2,1-2H3. The molecule has 0 unspecified atom stereocenters. The molecule has 0 radical (unpaired) electrons. The Balaban J connectivity index is 3.07. The highest BCUT2D eigenvalue weighted by molar-refractivity contribution is 7.99. The van der Waals surface area contributed by atoms with E-state index in [0.29, 0.717) is 6.61 Å². The molecule has 0 amide bonds. The largest absolute Gasteiger partial charge is 0.270 e. The summed E-state index contributed by atoms with van der Waals surface area (Å²) in [7, 11) is -3.23. The zero-order valence-electron chi connectivity index (χ0n) is 8.99. The van der Waals surface area contributed by atoms with Crippen LogP contribution in [0.4, 0.5) is 0 Å². The van der Waals surface area contributed by atoms with Crippen LogP contribution in [0.2, 0.25) is 0 Å². The fourth-order valence-electron chi connectivity index (χ4n) is 1.01. The van der Waals surface area contributed by atoms with Crippen molar-refractivity contribution in [1.29, 1.82) is 0 Å². The van der Waals surface area contributed by atoms with E-state index in [1.165, 1.54) is 24.3 Å². The first kappa shape index (κ1) is 14.3. The van der Waals surface area contributed by atoms with Crippen molar-refractivity contribution in [3.63, 3.8) is 0 Å². The van der Waals surface area contributed by atoms with E-state index in [1.54, 1.807) is 0 Å². The highest BCUT2D eigenvalue weighted by Crippen LogP contribution is 2.07. The lowest BCUT2D eigenvalue weighted by Gasteiger charge is -2.01. The van der Waals surface area contributed by atoms with Crippen molar-refractivity contribution in [3.8, 4) is 0 Å². The summed E-state index contributed by atoms with van der Waals surface area (Å²) < 4.78 is 25.8. The third-order valence-corrected chi connectivity index (χ3v) is 3.26. The van der Waals surface area contributed by atoms with E-state index >= 15 is 0 Å². The molecule has 0 fully saturated rings. The van der Waals surface area contributed by atoms with Crippen LogP contribution in [-0.2, 0) is 14.3 Å². The minimum Gasteiger partial charge on any atom is -0.270 e. The molecule has 0 saturated carbocycles. The van der Waals surface area contributed by atoms with Crippen LogP contribution in [0.15, 0.2) is 0 Å². The molecule has 0 N–H and O–H groups in total. The van der Waals surface area contributed by atoms with Gasteiger partial charge in [0, 0.05) is 0 Å². The number of thioether (sulfide) groups is 1. The molecule has 0 spiro atoms. The highest BCUT2D eigenvalue weighted by atomic mass is 32.2. The van der Waals surface area contributed by atoms with Crippen molar-refractivity contribution in [1.82, 2.24) is 0 Å². The summed E-state index contributed by atoms with van der Waals surface area (Å²) in [5, 5.41) is 0. The Hall–Kier alpha value is 0.260. The van der Waals surface area contributed by atoms with Crippen LogP contribution < -0.4 is 0 Å². The third kappa shape index (κ3) is 12.3. The normalized spacial score (nSPS) is 11.9. The SMILES string of the molecule is CCSCCCCCCOS(C)(=O)=O. The molecule has 0 heterocycles. The van der Waals surface area contributed by atoms with Gasteiger partial charge in [-0.1, -0.05) is 19.8 Å². The highest BCUT2D eigenvalue weighted by Gasteiger charge is 1.99. The molecule has 5 heteroatoms. The van der Waals surface area contributed by atoms with E-state index in [9.17, 15) is 8.42 Å². The van der Waals surface area contributed by atoms with E-state index in [4.69, 9.17) is 0 Å². The Morgan fingerprint density at radius 1 is 1.14 bits per heavy atom. The van der Waals surface area contributed by atoms with Crippen LogP contribution in [0.25, 0.3) is 0 Å². The summed E-state index contributed by atoms with van der Waals surface area (Å²) in [6.45, 7) is 2.49. The molecular weight excluding hydrogens is 220 g/mol. The zero-order valence-corrected chi connectivity index (χ0v) is 10.6. The Morgan fingerprint density at radius 3 is 2.36 bits per heavy atom. The van der Waals surface area contributed by atoms with Gasteiger partial charge in [0.1, 0.15) is 0 Å². The van der Waals surface area contributed by atoms with E-state index in [0.717, 1.165) is 19.1 Å². The maximum atomic E-state index is 10.6. The maximum Gasteiger partial charge on any atom is 0.264 e. The van der Waals surface area contributed by atoms with Crippen molar-refractivity contribution in [2.45, 2.75) is 32.6 Å². The van der Waals surface area contributed by atoms with E-state index in [1.807, 2.05) is 11.8 Å². The van der Waals surface area contributed by atoms with E-state index in [-0.39, 0.29) is 0 Å². The first-order valence-corrected chi connectivity index (χ1v) is 7.95. The van der Waals surface area contributed by atoms with Crippen molar-refractivity contribution in [2.75, 3.05) is 24.4 Å². The van der Waals surface area contributed by atoms with Gasteiger partial charge in [0.15, 0.2) is 0 Å². The van der Waals surface area contributed by atoms with Crippen molar-refractivity contribution in [2.24, 2.45) is 0 Å². The van der Waals surface area contributed by atoms with Gasteiger partial charge in [-0.05, 0) is 24.3 Å². The van der Waals surface area contributed by atoms with Crippen LogP contribution >= 0.6 is 11.8 Å². The Labute approximate surface area is 91.7 Å². The first-order chi connectivity index (χ1) is 6.56. The molecule has 0 aromatic heterocycles. The predicted octanol–water partition coefficient (Wildman–Crippen LogP) is 2.28. The van der Waals surface area contributed by atoms with Crippen molar-refractivity contribution < 1.29 is 12.6 Å². The summed E-state index contributed by atoms with van der Waals surface area (Å²) in [6, 6.07) is 0. The molecular formula is C9H20O3S2. The second-order valence-corrected chi connectivity index (χ2v) is 6.18. The smallest absolute Gasteiger partial charge is 0.264 e. The monoisotopic (exact) mass is 240 g/mol. The summed E-state index contributed by atoms with van der Waals surface area (Å²) in [5.41, 5.74) is 0. The molecule has 0 atom stereocenters. The molecule has 0 bridgehead atoms. The lowest BCUT2D eigenvalue weighted by atomic mass is 10.2. The third-order valence-electron chi connectivity index (χ3n) is 1.68. The average molecular weight is 240 g/mol. The molecule has 14 heavy (non-hydrogen) atoms. The number of unbranched alkanes of at least 4 members (excludes halogenated alkanes) is 3. The summed E-state index contributed by atoms with van der Waals surface area (Å²) in [4.78, 5) is 0. The van der Waals surface area contributed by atoms with Crippen LogP contribution in [0.5, 0.6) is 0 Å². The fourth-order valence-corrected chi connectivity index (χ4v) is 2.13. The summed E-state index contributed by atoms with van der Waals surface area (Å²) in [5.74, 6) is 2.39. The number of hydrogen-bond donors (Lipinski definition) is 0. The lowest BCUT2D eigenvalue weighted by Crippen LogP contribution is -2.03. The van der Waals surface area contributed by atoms with Gasteiger partial charge < -0.3 is 0 Å². The van der Waals surface area contributed by atoms with Crippen molar-refractivity contribution in [3.05, 3.63) is 0 Å². The molecule has 0 aromatic carbocycles. The van der Waals surface area contributed by atoms with Gasteiger partial charge in [-0.3, -0.25) is 4.18 Å². The van der Waals surface area contributed by atoms with Gasteiger partial charge >= 0.3 is 0 Å². The molecule has 0 aliphatic heterocycles. The fraction of sp³-hybridized carbons (Fsp3) is 1.00. The van der Waals surface area contributed by atoms with Gasteiger partial charge in [0.05, 0.1) is 12.9 Å². The molecule has 86 valence electrons. The minimum atomic E-state index is -3.23. The van der Waals surface area contributed by atoms with Gasteiger partial charge in [-0.25, -0.2) is 0 Å². The maximum absolute atomic E-state index is 10.6. The minimum absolute atomic E-state index is 0.333. The molecule has 3 nitrogen and oxygen atoms in total. The topological polar surface area (TPSA) is 43.4 Å². The molecule has 0 aliphatic carbocycles. The quantitative estimate of drug-likeness (QED) is 0.458. The van der Waals surface area contributed by atoms with Gasteiger partial charge in [0.25, 0.3) is 10.1 Å². The second-order valence-electron chi connectivity index (χ2n) is 3.14. The Bertz CT molecular complexity index is 212. The van der Waals surface area contributed by atoms with Crippen LogP contribution in [0.1, 0.15) is 32.6 Å². The molecule has 0 aromatic rings. The van der Waals surface area contributed by atoms with E-state index < -0.39 is 10.1 Å². The first-order valence-electron chi connectivity index (χ1n) is 4.98. The van der Waals surface area contributed by atoms with Gasteiger partial charge in [-0.2, -0.15) is 20.2 Å². The predicted molar refractivity (Wildman–Crippen MR) is 62.3 cm³/mol. The Kier molecular flexibility index (Phi) is 8.72. The van der Waals surface area contributed by atoms with Crippen LogP contribution in [0, 0.1) is 0 Å². The lowest BCUT2D eigenvalue weighted by molar-refractivity contribution is 0.310. The average Bonchev–Trinajstić information content (AvgIpc) is 2.08. The van der Waals surface area contributed by atoms with E-state index in [2.05, 4.69) is 11.1 Å². The van der Waals surface area contributed by atoms with Crippen molar-refractivity contribution >= 4 is 21.9 Å².